The van der Waals surface area contributed by atoms with E-state index < -0.39 is 11.8 Å². The van der Waals surface area contributed by atoms with E-state index in [2.05, 4.69) is 17.2 Å². The van der Waals surface area contributed by atoms with E-state index >= 15 is 4.39 Å². The van der Waals surface area contributed by atoms with Crippen molar-refractivity contribution in [1.29, 1.82) is 0 Å². The summed E-state index contributed by atoms with van der Waals surface area (Å²) in [5, 5.41) is 0.975. The number of rotatable bonds is 8. The van der Waals surface area contributed by atoms with Gasteiger partial charge in [0.25, 0.3) is 0 Å². The van der Waals surface area contributed by atoms with Gasteiger partial charge in [-0.2, -0.15) is 0 Å². The highest BCUT2D eigenvalue weighted by Gasteiger charge is 2.32. The third-order valence-corrected chi connectivity index (χ3v) is 6.32. The van der Waals surface area contributed by atoms with Gasteiger partial charge >= 0.3 is 5.97 Å². The number of hydrogen-bond donors (Lipinski definition) is 1. The van der Waals surface area contributed by atoms with E-state index in [0.29, 0.717) is 23.4 Å². The SMILES string of the molecule is C=CCCCn1c(-c2nc3cc(C(=O)OC)cc(F)c3n2C2CC2)cc2ccc(C(C)N)nc21. The molecule has 3 aromatic heterocycles. The first kappa shape index (κ1) is 22.3. The fourth-order valence-electron chi connectivity index (χ4n) is 4.49. The highest BCUT2D eigenvalue weighted by Crippen LogP contribution is 2.43. The minimum Gasteiger partial charge on any atom is -0.465 e. The van der Waals surface area contributed by atoms with Crippen LogP contribution in [0.3, 0.4) is 0 Å². The molecule has 1 saturated carbocycles. The maximum absolute atomic E-state index is 15.3. The zero-order valence-corrected chi connectivity index (χ0v) is 19.4. The first-order chi connectivity index (χ1) is 16.4. The van der Waals surface area contributed by atoms with E-state index in [9.17, 15) is 4.79 Å². The molecular formula is C26H28FN5O2. The summed E-state index contributed by atoms with van der Waals surface area (Å²) in [6.45, 7) is 6.46. The van der Waals surface area contributed by atoms with Gasteiger partial charge < -0.3 is 19.6 Å². The Morgan fingerprint density at radius 2 is 2.12 bits per heavy atom. The number of carbonyl (C=O) groups is 1. The number of unbranched alkanes of at least 4 members (excludes halogenated alkanes) is 1. The van der Waals surface area contributed by atoms with Crippen LogP contribution in [0, 0.1) is 5.82 Å². The molecule has 0 aliphatic heterocycles. The van der Waals surface area contributed by atoms with E-state index in [1.807, 2.05) is 29.7 Å². The van der Waals surface area contributed by atoms with Crippen LogP contribution in [0.1, 0.15) is 60.7 Å². The van der Waals surface area contributed by atoms with Crippen LogP contribution in [0.5, 0.6) is 0 Å². The number of ether oxygens (including phenoxy) is 1. The van der Waals surface area contributed by atoms with Crippen molar-refractivity contribution in [2.45, 2.75) is 51.2 Å². The molecule has 3 heterocycles. The second kappa shape index (κ2) is 8.68. The molecule has 0 saturated heterocycles. The quantitative estimate of drug-likeness (QED) is 0.219. The van der Waals surface area contributed by atoms with Crippen LogP contribution in [0.15, 0.2) is 43.0 Å². The molecule has 0 amide bonds. The zero-order valence-electron chi connectivity index (χ0n) is 19.4. The van der Waals surface area contributed by atoms with Crippen molar-refractivity contribution in [2.75, 3.05) is 7.11 Å². The van der Waals surface area contributed by atoms with Crippen molar-refractivity contribution in [3.8, 4) is 11.5 Å². The van der Waals surface area contributed by atoms with Gasteiger partial charge in [-0.25, -0.2) is 19.2 Å². The molecule has 4 aromatic rings. The lowest BCUT2D eigenvalue weighted by molar-refractivity contribution is 0.0600. The van der Waals surface area contributed by atoms with Gasteiger partial charge in [-0.1, -0.05) is 6.08 Å². The van der Waals surface area contributed by atoms with Crippen LogP contribution in [-0.4, -0.2) is 32.2 Å². The van der Waals surface area contributed by atoms with Crippen molar-refractivity contribution >= 4 is 28.0 Å². The number of allylic oxidation sites excluding steroid dienone is 1. The fourth-order valence-corrected chi connectivity index (χ4v) is 4.49. The molecule has 5 rings (SSSR count). The molecular weight excluding hydrogens is 433 g/mol. The summed E-state index contributed by atoms with van der Waals surface area (Å²) in [7, 11) is 1.28. The second-order valence-electron chi connectivity index (χ2n) is 8.90. The average Bonchev–Trinajstić information content (AvgIpc) is 3.50. The maximum atomic E-state index is 15.3. The predicted octanol–water partition coefficient (Wildman–Crippen LogP) is 5.30. The van der Waals surface area contributed by atoms with Crippen molar-refractivity contribution in [3.05, 3.63) is 60.1 Å². The molecule has 7 nitrogen and oxygen atoms in total. The molecule has 1 aliphatic carbocycles. The Morgan fingerprint density at radius 3 is 2.79 bits per heavy atom. The minimum atomic E-state index is -0.588. The molecule has 1 atom stereocenters. The number of carbonyl (C=O) groups excluding carboxylic acids is 1. The van der Waals surface area contributed by atoms with Crippen LogP contribution < -0.4 is 5.73 Å². The smallest absolute Gasteiger partial charge is 0.338 e. The maximum Gasteiger partial charge on any atom is 0.338 e. The van der Waals surface area contributed by atoms with Crippen LogP contribution in [0.2, 0.25) is 0 Å². The Kier molecular flexibility index (Phi) is 5.69. The van der Waals surface area contributed by atoms with Gasteiger partial charge in [0, 0.05) is 24.0 Å². The number of fused-ring (bicyclic) bond motifs is 2. The van der Waals surface area contributed by atoms with Gasteiger partial charge in [0.1, 0.15) is 17.0 Å². The molecule has 0 spiro atoms. The second-order valence-corrected chi connectivity index (χ2v) is 8.90. The van der Waals surface area contributed by atoms with Crippen LogP contribution in [-0.2, 0) is 11.3 Å². The van der Waals surface area contributed by atoms with E-state index in [1.54, 1.807) is 6.07 Å². The van der Waals surface area contributed by atoms with Gasteiger partial charge in [-0.15, -0.1) is 6.58 Å². The molecule has 0 radical (unpaired) electrons. The van der Waals surface area contributed by atoms with Crippen molar-refractivity contribution < 1.29 is 13.9 Å². The normalized spacial score (nSPS) is 14.6. The summed E-state index contributed by atoms with van der Waals surface area (Å²) in [6.07, 6.45) is 5.56. The Bertz CT molecular complexity index is 1410. The topological polar surface area (TPSA) is 88.0 Å². The number of halogens is 1. The lowest BCUT2D eigenvalue weighted by Gasteiger charge is -2.13. The number of hydrogen-bond acceptors (Lipinski definition) is 5. The lowest BCUT2D eigenvalue weighted by Crippen LogP contribution is -2.09. The number of esters is 1. The third kappa shape index (κ3) is 3.77. The van der Waals surface area contributed by atoms with Crippen molar-refractivity contribution in [2.24, 2.45) is 5.73 Å². The molecule has 1 aromatic carbocycles. The first-order valence-electron chi connectivity index (χ1n) is 11.6. The molecule has 176 valence electrons. The number of aromatic nitrogens is 4. The van der Waals surface area contributed by atoms with Crippen LogP contribution >= 0.6 is 0 Å². The Hall–Kier alpha value is -3.52. The number of aryl methyl sites for hydroxylation is 1. The van der Waals surface area contributed by atoms with Gasteiger partial charge in [-0.3, -0.25) is 0 Å². The van der Waals surface area contributed by atoms with Gasteiger partial charge in [0.2, 0.25) is 0 Å². The minimum absolute atomic E-state index is 0.147. The van der Waals surface area contributed by atoms with E-state index in [-0.39, 0.29) is 17.6 Å². The van der Waals surface area contributed by atoms with Gasteiger partial charge in [0.05, 0.1) is 29.6 Å². The standard InChI is InChI=1S/C26H28FN5O2/c1-4-5-6-11-31-22(14-16-7-10-20(15(2)28)29-24(16)31)25-30-21-13-17(26(33)34-3)12-19(27)23(21)32(25)18-8-9-18/h4,7,10,12-15,18H,1,5-6,8-9,11,28H2,2-3H3. The summed E-state index contributed by atoms with van der Waals surface area (Å²) in [5.74, 6) is -0.387. The number of imidazole rings is 1. The molecule has 34 heavy (non-hydrogen) atoms. The summed E-state index contributed by atoms with van der Waals surface area (Å²) in [6, 6.07) is 8.83. The summed E-state index contributed by atoms with van der Waals surface area (Å²) in [5.41, 5.74) is 9.62. The Balaban J connectivity index is 1.75. The zero-order chi connectivity index (χ0) is 24.0. The predicted molar refractivity (Wildman–Crippen MR) is 130 cm³/mol. The van der Waals surface area contributed by atoms with Crippen molar-refractivity contribution in [3.63, 3.8) is 0 Å². The largest absolute Gasteiger partial charge is 0.465 e. The van der Waals surface area contributed by atoms with Gasteiger partial charge in [-0.05, 0) is 62.9 Å². The van der Waals surface area contributed by atoms with E-state index in [0.717, 1.165) is 48.1 Å². The molecule has 1 unspecified atom stereocenters. The monoisotopic (exact) mass is 461 g/mol. The Labute approximate surface area is 197 Å². The Morgan fingerprint density at radius 1 is 1.32 bits per heavy atom. The number of pyridine rings is 1. The van der Waals surface area contributed by atoms with Crippen LogP contribution in [0.25, 0.3) is 33.6 Å². The van der Waals surface area contributed by atoms with E-state index in [4.69, 9.17) is 20.4 Å². The highest BCUT2D eigenvalue weighted by atomic mass is 19.1. The molecule has 1 aliphatic rings. The molecule has 1 fully saturated rings. The number of benzene rings is 1. The average molecular weight is 462 g/mol. The molecule has 0 bridgehead atoms. The number of nitrogens with zero attached hydrogens (tertiary/aromatic N) is 4. The fraction of sp³-hybridized carbons (Fsp3) is 0.346. The highest BCUT2D eigenvalue weighted by molar-refractivity contribution is 5.95. The summed E-state index contributed by atoms with van der Waals surface area (Å²) in [4.78, 5) is 21.8. The molecule has 2 N–H and O–H groups in total. The molecule has 8 heteroatoms. The number of nitrogens with two attached hydrogens (primary N) is 1. The number of methoxy groups -OCH3 is 1. The van der Waals surface area contributed by atoms with Crippen LogP contribution in [0.4, 0.5) is 4.39 Å². The lowest BCUT2D eigenvalue weighted by atomic mass is 10.2. The van der Waals surface area contributed by atoms with Crippen molar-refractivity contribution in [1.82, 2.24) is 19.1 Å². The first-order valence-corrected chi connectivity index (χ1v) is 11.6. The third-order valence-electron chi connectivity index (χ3n) is 6.32. The van der Waals surface area contributed by atoms with Gasteiger partial charge in [0.15, 0.2) is 5.82 Å². The van der Waals surface area contributed by atoms with E-state index in [1.165, 1.54) is 13.2 Å². The summed E-state index contributed by atoms with van der Waals surface area (Å²) < 4.78 is 24.2. The summed E-state index contributed by atoms with van der Waals surface area (Å²) >= 11 is 0.